The van der Waals surface area contributed by atoms with Gasteiger partial charge in [-0.1, -0.05) is 36.4 Å². The van der Waals surface area contributed by atoms with Crippen LogP contribution in [0.1, 0.15) is 39.7 Å². The molecule has 0 aliphatic carbocycles. The molecule has 3 aromatic rings. The van der Waals surface area contributed by atoms with Crippen molar-refractivity contribution in [3.05, 3.63) is 88.2 Å². The number of nitrogens with zero attached hydrogens (tertiary/aromatic N) is 2. The molecule has 156 valence electrons. The summed E-state index contributed by atoms with van der Waals surface area (Å²) in [4.78, 5) is 14.2. The van der Waals surface area contributed by atoms with Crippen LogP contribution in [0.15, 0.2) is 54.6 Å². The molecule has 6 heteroatoms. The highest BCUT2D eigenvalue weighted by Crippen LogP contribution is 2.37. The summed E-state index contributed by atoms with van der Waals surface area (Å²) >= 11 is 0. The molecular weight excluding hydrogens is 389 g/mol. The van der Waals surface area contributed by atoms with Crippen molar-refractivity contribution in [3.63, 3.8) is 0 Å². The summed E-state index contributed by atoms with van der Waals surface area (Å²) in [6, 6.07) is 15.0. The van der Waals surface area contributed by atoms with E-state index < -0.39 is 17.8 Å². The van der Waals surface area contributed by atoms with Gasteiger partial charge in [0.2, 0.25) is 0 Å². The molecule has 0 N–H and O–H groups in total. The third-order valence-corrected chi connectivity index (χ3v) is 5.92. The van der Waals surface area contributed by atoms with Crippen LogP contribution in [-0.4, -0.2) is 22.3 Å². The van der Waals surface area contributed by atoms with Gasteiger partial charge in [0.1, 0.15) is 6.29 Å². The first-order valence-corrected chi connectivity index (χ1v) is 9.93. The van der Waals surface area contributed by atoms with E-state index in [0.29, 0.717) is 17.9 Å². The molecular formula is C24H23F3N2O. The lowest BCUT2D eigenvalue weighted by atomic mass is 9.97. The Balaban J connectivity index is 1.75. The van der Waals surface area contributed by atoms with E-state index in [9.17, 15) is 18.0 Å². The maximum Gasteiger partial charge on any atom is 0.418 e. The lowest BCUT2D eigenvalue weighted by molar-refractivity contribution is -0.137. The smallest absolute Gasteiger partial charge is 0.318 e. The van der Waals surface area contributed by atoms with Gasteiger partial charge in [0.15, 0.2) is 0 Å². The number of fused-ring (bicyclic) bond motifs is 1. The molecule has 0 saturated carbocycles. The third kappa shape index (κ3) is 3.56. The van der Waals surface area contributed by atoms with E-state index in [1.165, 1.54) is 23.3 Å². The normalized spacial score (nSPS) is 15.6. The van der Waals surface area contributed by atoms with Gasteiger partial charge in [-0.2, -0.15) is 13.2 Å². The molecule has 0 spiro atoms. The highest BCUT2D eigenvalue weighted by molar-refractivity contribution is 5.64. The summed E-state index contributed by atoms with van der Waals surface area (Å²) in [6.45, 7) is 4.92. The number of rotatable bonds is 4. The van der Waals surface area contributed by atoms with Gasteiger partial charge in [-0.3, -0.25) is 4.90 Å². The Hall–Kier alpha value is -2.86. The number of benzene rings is 2. The van der Waals surface area contributed by atoms with Crippen LogP contribution in [0.5, 0.6) is 0 Å². The Labute approximate surface area is 173 Å². The van der Waals surface area contributed by atoms with E-state index in [1.807, 2.05) is 18.2 Å². The van der Waals surface area contributed by atoms with Crippen molar-refractivity contribution in [3.8, 4) is 5.69 Å². The maximum absolute atomic E-state index is 13.6. The van der Waals surface area contributed by atoms with Gasteiger partial charge in [0.25, 0.3) is 0 Å². The first-order valence-electron chi connectivity index (χ1n) is 9.93. The van der Waals surface area contributed by atoms with E-state index in [0.717, 1.165) is 30.9 Å². The lowest BCUT2D eigenvalue weighted by Gasteiger charge is -2.33. The molecule has 30 heavy (non-hydrogen) atoms. The second-order valence-electron chi connectivity index (χ2n) is 7.75. The molecule has 1 aliphatic rings. The van der Waals surface area contributed by atoms with Crippen molar-refractivity contribution in [1.29, 1.82) is 0 Å². The van der Waals surface area contributed by atoms with Crippen LogP contribution in [0.25, 0.3) is 5.69 Å². The highest BCUT2D eigenvalue weighted by atomic mass is 19.4. The predicted octanol–water partition coefficient (Wildman–Crippen LogP) is 5.41. The molecule has 2 heterocycles. The van der Waals surface area contributed by atoms with Crippen molar-refractivity contribution >= 4 is 6.29 Å². The average Bonchev–Trinajstić information content (AvgIpc) is 3.01. The van der Waals surface area contributed by atoms with Crippen LogP contribution in [0.3, 0.4) is 0 Å². The molecule has 0 saturated heterocycles. The van der Waals surface area contributed by atoms with Crippen LogP contribution >= 0.6 is 0 Å². The zero-order valence-corrected chi connectivity index (χ0v) is 16.9. The first-order chi connectivity index (χ1) is 14.3. The summed E-state index contributed by atoms with van der Waals surface area (Å²) in [5.74, 6) is 0. The number of aromatic nitrogens is 1. The van der Waals surface area contributed by atoms with Crippen molar-refractivity contribution in [2.45, 2.75) is 39.0 Å². The minimum atomic E-state index is -4.46. The predicted molar refractivity (Wildman–Crippen MR) is 110 cm³/mol. The van der Waals surface area contributed by atoms with Gasteiger partial charge in [0, 0.05) is 24.5 Å². The molecule has 1 aliphatic heterocycles. The second-order valence-corrected chi connectivity index (χ2v) is 7.75. The molecule has 1 unspecified atom stereocenters. The molecule has 0 radical (unpaired) electrons. The van der Waals surface area contributed by atoms with Crippen LogP contribution in [0.4, 0.5) is 13.2 Å². The van der Waals surface area contributed by atoms with Crippen molar-refractivity contribution < 1.29 is 18.0 Å². The third-order valence-electron chi connectivity index (χ3n) is 5.92. The number of para-hydroxylation sites is 1. The quantitative estimate of drug-likeness (QED) is 0.536. The van der Waals surface area contributed by atoms with Crippen LogP contribution in [-0.2, 0) is 23.9 Å². The van der Waals surface area contributed by atoms with Gasteiger partial charge < -0.3 is 9.36 Å². The zero-order chi connectivity index (χ0) is 21.5. The number of hydrogen-bond acceptors (Lipinski definition) is 2. The summed E-state index contributed by atoms with van der Waals surface area (Å²) in [6.07, 6.45) is -2.72. The molecule has 0 bridgehead atoms. The van der Waals surface area contributed by atoms with Gasteiger partial charge >= 0.3 is 6.18 Å². The monoisotopic (exact) mass is 412 g/mol. The largest absolute Gasteiger partial charge is 0.418 e. The Morgan fingerprint density at radius 1 is 1.00 bits per heavy atom. The molecule has 1 atom stereocenters. The minimum Gasteiger partial charge on any atom is -0.318 e. The Bertz CT molecular complexity index is 1080. The van der Waals surface area contributed by atoms with Crippen molar-refractivity contribution in [2.75, 3.05) is 6.54 Å². The maximum atomic E-state index is 13.6. The Kier molecular flexibility index (Phi) is 5.28. The van der Waals surface area contributed by atoms with E-state index in [2.05, 4.69) is 17.0 Å². The highest BCUT2D eigenvalue weighted by Gasteiger charge is 2.35. The fourth-order valence-corrected chi connectivity index (χ4v) is 4.48. The van der Waals surface area contributed by atoms with E-state index in [4.69, 9.17) is 0 Å². The minimum absolute atomic E-state index is 0.0832. The van der Waals surface area contributed by atoms with Crippen LogP contribution < -0.4 is 0 Å². The number of carbonyl (C=O) groups is 1. The molecule has 1 aromatic heterocycles. The lowest BCUT2D eigenvalue weighted by Crippen LogP contribution is -2.35. The van der Waals surface area contributed by atoms with E-state index in [1.54, 1.807) is 24.5 Å². The summed E-state index contributed by atoms with van der Waals surface area (Å²) in [5, 5.41) is 0. The van der Waals surface area contributed by atoms with Crippen molar-refractivity contribution in [1.82, 2.24) is 9.47 Å². The van der Waals surface area contributed by atoms with Gasteiger partial charge in [-0.05, 0) is 55.2 Å². The standard InChI is InChI=1S/C24H23F3N2O/c1-16-13-20(17(2)29(16)22-10-6-5-9-21(22)24(25,26)27)23(15-30)28-12-11-18-7-3-4-8-19(18)14-28/h3-10,13,15,23H,11-12,14H2,1-2H3. The van der Waals surface area contributed by atoms with E-state index in [-0.39, 0.29) is 5.69 Å². The Morgan fingerprint density at radius 3 is 2.37 bits per heavy atom. The number of alkyl halides is 3. The number of carbonyl (C=O) groups excluding carboxylic acids is 1. The summed E-state index contributed by atoms with van der Waals surface area (Å²) in [5.41, 5.74) is 3.94. The van der Waals surface area contributed by atoms with Gasteiger partial charge in [-0.25, -0.2) is 0 Å². The first kappa shape index (κ1) is 20.4. The van der Waals surface area contributed by atoms with Crippen molar-refractivity contribution in [2.24, 2.45) is 0 Å². The topological polar surface area (TPSA) is 25.2 Å². The average molecular weight is 412 g/mol. The molecule has 2 aromatic carbocycles. The molecule has 0 amide bonds. The fourth-order valence-electron chi connectivity index (χ4n) is 4.48. The molecule has 3 nitrogen and oxygen atoms in total. The Morgan fingerprint density at radius 2 is 1.67 bits per heavy atom. The van der Waals surface area contributed by atoms with Crippen LogP contribution in [0, 0.1) is 13.8 Å². The molecule has 0 fully saturated rings. The van der Waals surface area contributed by atoms with Gasteiger partial charge in [-0.15, -0.1) is 0 Å². The second kappa shape index (κ2) is 7.76. The molecule has 4 rings (SSSR count). The summed E-state index contributed by atoms with van der Waals surface area (Å²) < 4.78 is 42.4. The van der Waals surface area contributed by atoms with E-state index >= 15 is 0 Å². The SMILES string of the molecule is Cc1cc(C(C=O)N2CCc3ccccc3C2)c(C)n1-c1ccccc1C(F)(F)F. The number of aldehydes is 1. The number of hydrogen-bond donors (Lipinski definition) is 0. The number of halogens is 3. The zero-order valence-electron chi connectivity index (χ0n) is 16.9. The van der Waals surface area contributed by atoms with Gasteiger partial charge in [0.05, 0.1) is 17.3 Å². The summed E-state index contributed by atoms with van der Waals surface area (Å²) in [7, 11) is 0. The van der Waals surface area contributed by atoms with Crippen LogP contribution in [0.2, 0.25) is 0 Å². The fraction of sp³-hybridized carbons (Fsp3) is 0.292. The number of aryl methyl sites for hydroxylation is 1.